The van der Waals surface area contributed by atoms with Gasteiger partial charge in [0, 0.05) is 6.42 Å². The van der Waals surface area contributed by atoms with E-state index < -0.39 is 23.2 Å². The van der Waals surface area contributed by atoms with Crippen LogP contribution in [0.4, 0.5) is 13.2 Å². The SMILES string of the molecule is NC(=O)c1c(CCCCC=O)cccc1C(F)(F)F. The Morgan fingerprint density at radius 1 is 1.26 bits per heavy atom. The summed E-state index contributed by atoms with van der Waals surface area (Å²) in [5, 5.41) is 0. The third kappa shape index (κ3) is 4.08. The summed E-state index contributed by atoms with van der Waals surface area (Å²) in [6.07, 6.45) is -2.12. The highest BCUT2D eigenvalue weighted by Crippen LogP contribution is 2.33. The van der Waals surface area contributed by atoms with Crippen LogP contribution in [0.2, 0.25) is 0 Å². The van der Waals surface area contributed by atoms with E-state index in [1.807, 2.05) is 0 Å². The molecule has 0 aliphatic carbocycles. The van der Waals surface area contributed by atoms with Gasteiger partial charge in [-0.1, -0.05) is 12.1 Å². The summed E-state index contributed by atoms with van der Waals surface area (Å²) < 4.78 is 38.3. The van der Waals surface area contributed by atoms with Crippen molar-refractivity contribution in [2.24, 2.45) is 5.73 Å². The van der Waals surface area contributed by atoms with E-state index in [9.17, 15) is 22.8 Å². The molecule has 0 aromatic heterocycles. The minimum absolute atomic E-state index is 0.272. The lowest BCUT2D eigenvalue weighted by atomic mass is 9.96. The number of carbonyl (C=O) groups excluding carboxylic acids is 2. The molecule has 6 heteroatoms. The van der Waals surface area contributed by atoms with Crippen molar-refractivity contribution in [1.82, 2.24) is 0 Å². The number of hydrogen-bond acceptors (Lipinski definition) is 2. The van der Waals surface area contributed by atoms with Crippen molar-refractivity contribution < 1.29 is 22.8 Å². The van der Waals surface area contributed by atoms with Crippen LogP contribution in [0.5, 0.6) is 0 Å². The highest BCUT2D eigenvalue weighted by atomic mass is 19.4. The number of aldehydes is 1. The smallest absolute Gasteiger partial charge is 0.366 e. The lowest BCUT2D eigenvalue weighted by Crippen LogP contribution is -2.21. The van der Waals surface area contributed by atoms with Gasteiger partial charge in [-0.3, -0.25) is 4.79 Å². The molecule has 0 aliphatic rings. The molecule has 0 fully saturated rings. The number of carbonyl (C=O) groups is 2. The van der Waals surface area contributed by atoms with Crippen LogP contribution in [0, 0.1) is 0 Å². The summed E-state index contributed by atoms with van der Waals surface area (Å²) >= 11 is 0. The fourth-order valence-corrected chi connectivity index (χ4v) is 1.88. The van der Waals surface area contributed by atoms with Gasteiger partial charge in [-0.05, 0) is 30.9 Å². The van der Waals surface area contributed by atoms with Gasteiger partial charge in [0.1, 0.15) is 6.29 Å². The Morgan fingerprint density at radius 2 is 1.95 bits per heavy atom. The number of amides is 1. The maximum atomic E-state index is 12.8. The predicted octanol–water partition coefficient (Wildman–Crippen LogP) is 2.72. The fourth-order valence-electron chi connectivity index (χ4n) is 1.88. The second-order valence-electron chi connectivity index (χ2n) is 4.11. The van der Waals surface area contributed by atoms with Crippen molar-refractivity contribution in [2.45, 2.75) is 31.9 Å². The van der Waals surface area contributed by atoms with Crippen molar-refractivity contribution in [3.8, 4) is 0 Å². The molecule has 0 spiro atoms. The van der Waals surface area contributed by atoms with Gasteiger partial charge in [-0.15, -0.1) is 0 Å². The van der Waals surface area contributed by atoms with E-state index >= 15 is 0 Å². The second kappa shape index (κ2) is 6.36. The molecule has 0 aliphatic heterocycles. The van der Waals surface area contributed by atoms with E-state index in [1.54, 1.807) is 0 Å². The Labute approximate surface area is 108 Å². The van der Waals surface area contributed by atoms with Gasteiger partial charge in [0.15, 0.2) is 0 Å². The van der Waals surface area contributed by atoms with Crippen LogP contribution in [0.3, 0.4) is 0 Å². The molecule has 1 aromatic rings. The molecule has 0 heterocycles. The highest BCUT2D eigenvalue weighted by Gasteiger charge is 2.35. The van der Waals surface area contributed by atoms with Gasteiger partial charge >= 0.3 is 6.18 Å². The molecule has 0 unspecified atom stereocenters. The molecule has 1 rings (SSSR count). The fraction of sp³-hybridized carbons (Fsp3) is 0.385. The number of hydrogen-bond donors (Lipinski definition) is 1. The van der Waals surface area contributed by atoms with Crippen molar-refractivity contribution >= 4 is 12.2 Å². The minimum atomic E-state index is -4.61. The standard InChI is InChI=1S/C13H14F3NO2/c14-13(15,16)10-7-4-6-9(11(10)12(17)19)5-2-1-3-8-18/h4,6-8H,1-3,5H2,(H2,17,19). The van der Waals surface area contributed by atoms with Crippen LogP contribution in [0.15, 0.2) is 18.2 Å². The van der Waals surface area contributed by atoms with E-state index in [-0.39, 0.29) is 12.0 Å². The third-order valence-corrected chi connectivity index (χ3v) is 2.72. The van der Waals surface area contributed by atoms with E-state index in [1.165, 1.54) is 12.1 Å². The zero-order valence-corrected chi connectivity index (χ0v) is 10.2. The van der Waals surface area contributed by atoms with Crippen LogP contribution in [-0.4, -0.2) is 12.2 Å². The Morgan fingerprint density at radius 3 is 2.47 bits per heavy atom. The number of halogens is 3. The zero-order chi connectivity index (χ0) is 14.5. The minimum Gasteiger partial charge on any atom is -0.366 e. The molecule has 0 atom stereocenters. The Kier molecular flexibility index (Phi) is 5.09. The van der Waals surface area contributed by atoms with E-state index in [4.69, 9.17) is 5.73 Å². The Bertz CT molecular complexity index is 469. The van der Waals surface area contributed by atoms with Crippen LogP contribution < -0.4 is 5.73 Å². The first-order valence-electron chi connectivity index (χ1n) is 5.80. The van der Waals surface area contributed by atoms with Gasteiger partial charge in [0.25, 0.3) is 0 Å². The molecule has 1 amide bonds. The van der Waals surface area contributed by atoms with Crippen molar-refractivity contribution in [3.63, 3.8) is 0 Å². The van der Waals surface area contributed by atoms with Crippen LogP contribution in [-0.2, 0) is 17.4 Å². The Hall–Kier alpha value is -1.85. The molecular weight excluding hydrogens is 259 g/mol. The summed E-state index contributed by atoms with van der Waals surface area (Å²) in [6, 6.07) is 3.55. The predicted molar refractivity (Wildman–Crippen MR) is 63.6 cm³/mol. The number of rotatable bonds is 6. The summed E-state index contributed by atoms with van der Waals surface area (Å²) in [5.74, 6) is -1.08. The van der Waals surface area contributed by atoms with Gasteiger partial charge in [-0.2, -0.15) is 13.2 Å². The van der Waals surface area contributed by atoms with E-state index in [0.29, 0.717) is 19.3 Å². The van der Waals surface area contributed by atoms with Crippen molar-refractivity contribution in [2.75, 3.05) is 0 Å². The average Bonchev–Trinajstić information content (AvgIpc) is 2.33. The first-order valence-corrected chi connectivity index (χ1v) is 5.80. The lowest BCUT2D eigenvalue weighted by Gasteiger charge is -2.14. The third-order valence-electron chi connectivity index (χ3n) is 2.72. The first kappa shape index (κ1) is 15.2. The average molecular weight is 273 g/mol. The number of nitrogens with two attached hydrogens (primary N) is 1. The summed E-state index contributed by atoms with van der Waals surface area (Å²) in [5.41, 5.74) is 3.84. The summed E-state index contributed by atoms with van der Waals surface area (Å²) in [6.45, 7) is 0. The normalized spacial score (nSPS) is 11.3. The van der Waals surface area contributed by atoms with Gasteiger partial charge in [0.05, 0.1) is 11.1 Å². The molecule has 1 aromatic carbocycles. The number of aryl methyl sites for hydroxylation is 1. The quantitative estimate of drug-likeness (QED) is 0.640. The number of unbranched alkanes of at least 4 members (excludes halogenated alkanes) is 2. The maximum absolute atomic E-state index is 12.8. The van der Waals surface area contributed by atoms with E-state index in [2.05, 4.69) is 0 Å². The maximum Gasteiger partial charge on any atom is 0.417 e. The Balaban J connectivity index is 3.04. The molecule has 3 nitrogen and oxygen atoms in total. The second-order valence-corrected chi connectivity index (χ2v) is 4.11. The molecule has 0 radical (unpaired) electrons. The largest absolute Gasteiger partial charge is 0.417 e. The molecule has 0 saturated heterocycles. The number of alkyl halides is 3. The molecule has 19 heavy (non-hydrogen) atoms. The lowest BCUT2D eigenvalue weighted by molar-refractivity contribution is -0.138. The summed E-state index contributed by atoms with van der Waals surface area (Å²) in [4.78, 5) is 21.4. The number of primary amides is 1. The van der Waals surface area contributed by atoms with Crippen LogP contribution in [0.1, 0.15) is 40.7 Å². The molecular formula is C13H14F3NO2. The van der Waals surface area contributed by atoms with Gasteiger partial charge in [-0.25, -0.2) is 0 Å². The molecule has 0 bridgehead atoms. The monoisotopic (exact) mass is 273 g/mol. The van der Waals surface area contributed by atoms with Gasteiger partial charge < -0.3 is 10.5 Å². The van der Waals surface area contributed by atoms with Crippen molar-refractivity contribution in [3.05, 3.63) is 34.9 Å². The first-order chi connectivity index (χ1) is 8.88. The van der Waals surface area contributed by atoms with Crippen molar-refractivity contribution in [1.29, 1.82) is 0 Å². The topological polar surface area (TPSA) is 60.2 Å². The molecule has 104 valence electrons. The van der Waals surface area contributed by atoms with E-state index in [0.717, 1.165) is 12.4 Å². The van der Waals surface area contributed by atoms with Crippen LogP contribution in [0.25, 0.3) is 0 Å². The summed E-state index contributed by atoms with van der Waals surface area (Å²) in [7, 11) is 0. The molecule has 2 N–H and O–H groups in total. The zero-order valence-electron chi connectivity index (χ0n) is 10.2. The van der Waals surface area contributed by atoms with Crippen LogP contribution >= 0.6 is 0 Å². The molecule has 0 saturated carbocycles. The highest BCUT2D eigenvalue weighted by molar-refractivity contribution is 5.96. The number of benzene rings is 1. The van der Waals surface area contributed by atoms with Gasteiger partial charge in [0.2, 0.25) is 5.91 Å².